The van der Waals surface area contributed by atoms with Crippen LogP contribution in [0.25, 0.3) is 11.4 Å². The third kappa shape index (κ3) is 4.17. The summed E-state index contributed by atoms with van der Waals surface area (Å²) in [5.41, 5.74) is 2.96. The van der Waals surface area contributed by atoms with Crippen LogP contribution in [0.1, 0.15) is 24.0 Å². The average Bonchev–Trinajstić information content (AvgIpc) is 2.92. The molecule has 26 heavy (non-hydrogen) atoms. The normalized spacial score (nSPS) is 10.8. The number of hydrogen-bond donors (Lipinski definition) is 0. The maximum atomic E-state index is 12.4. The third-order valence-electron chi connectivity index (χ3n) is 4.44. The van der Waals surface area contributed by atoms with E-state index in [1.165, 1.54) is 14.8 Å². The van der Waals surface area contributed by atoms with E-state index in [1.54, 1.807) is 7.05 Å². The molecule has 0 saturated carbocycles. The van der Waals surface area contributed by atoms with E-state index in [4.69, 9.17) is 0 Å². The monoisotopic (exact) mass is 349 g/mol. The molecule has 1 heterocycles. The van der Waals surface area contributed by atoms with Gasteiger partial charge in [-0.15, -0.1) is 5.10 Å². The third-order valence-corrected chi connectivity index (χ3v) is 4.44. The number of nitrogens with zero attached hydrogens (tertiary/aromatic N) is 3. The van der Waals surface area contributed by atoms with Gasteiger partial charge in [-0.25, -0.2) is 9.48 Å². The molecule has 1 aromatic heterocycles. The number of hydrogen-bond acceptors (Lipinski definition) is 3. The Kier molecular flexibility index (Phi) is 5.46. The largest absolute Gasteiger partial charge is 0.346 e. The highest BCUT2D eigenvalue weighted by atomic mass is 16.2. The van der Waals surface area contributed by atoms with Gasteiger partial charge < -0.3 is 0 Å². The molecule has 0 amide bonds. The average molecular weight is 349 g/mol. The second-order valence-corrected chi connectivity index (χ2v) is 6.57. The van der Waals surface area contributed by atoms with Crippen molar-refractivity contribution in [2.24, 2.45) is 7.05 Å². The molecule has 5 heteroatoms. The lowest BCUT2D eigenvalue weighted by Gasteiger charge is -2.02. The highest BCUT2D eigenvalue weighted by molar-refractivity contribution is 5.78. The van der Waals surface area contributed by atoms with Crippen LogP contribution in [-0.2, 0) is 24.8 Å². The van der Waals surface area contributed by atoms with Gasteiger partial charge in [0.2, 0.25) is 0 Å². The number of Topliss-reactive ketones (excluding diaryl/α,β-unsaturated/α-hetero) is 1. The number of aromatic nitrogens is 3. The van der Waals surface area contributed by atoms with Crippen LogP contribution in [-0.4, -0.2) is 20.1 Å². The molecule has 0 N–H and O–H groups in total. The number of aryl methyl sites for hydroxylation is 2. The minimum absolute atomic E-state index is 0.0212. The van der Waals surface area contributed by atoms with Crippen LogP contribution >= 0.6 is 0 Å². The van der Waals surface area contributed by atoms with Crippen molar-refractivity contribution < 1.29 is 4.79 Å². The fourth-order valence-corrected chi connectivity index (χ4v) is 2.93. The molecule has 2 aromatic carbocycles. The second-order valence-electron chi connectivity index (χ2n) is 6.57. The highest BCUT2D eigenvalue weighted by Gasteiger charge is 2.14. The molecule has 0 aliphatic carbocycles. The van der Waals surface area contributed by atoms with Gasteiger partial charge in [0.1, 0.15) is 6.54 Å². The molecule has 134 valence electrons. The van der Waals surface area contributed by atoms with Crippen LogP contribution in [0.15, 0.2) is 59.4 Å². The van der Waals surface area contributed by atoms with Gasteiger partial charge in [-0.1, -0.05) is 60.2 Å². The van der Waals surface area contributed by atoms with Gasteiger partial charge in [0.05, 0.1) is 0 Å². The first-order valence-electron chi connectivity index (χ1n) is 8.81. The quantitative estimate of drug-likeness (QED) is 0.658. The van der Waals surface area contributed by atoms with Crippen molar-refractivity contribution in [3.63, 3.8) is 0 Å². The lowest BCUT2D eigenvalue weighted by molar-refractivity contribution is -0.119. The van der Waals surface area contributed by atoms with E-state index in [1.807, 2.05) is 49.4 Å². The Morgan fingerprint density at radius 3 is 2.42 bits per heavy atom. The van der Waals surface area contributed by atoms with Crippen LogP contribution < -0.4 is 5.69 Å². The summed E-state index contributed by atoms with van der Waals surface area (Å²) in [7, 11) is 1.68. The SMILES string of the molecule is Cc1ccc(-c2nn(CC(=O)CCCc3ccccc3)c(=O)n2C)cc1. The Labute approximate surface area is 152 Å². The number of ketones is 1. The molecule has 0 spiro atoms. The molecule has 0 fully saturated rings. The molecule has 0 aliphatic heterocycles. The van der Waals surface area contributed by atoms with Crippen LogP contribution in [0.5, 0.6) is 0 Å². The van der Waals surface area contributed by atoms with Crippen molar-refractivity contribution in [1.82, 2.24) is 14.3 Å². The van der Waals surface area contributed by atoms with Crippen molar-refractivity contribution in [3.05, 3.63) is 76.2 Å². The van der Waals surface area contributed by atoms with E-state index >= 15 is 0 Å². The standard InChI is InChI=1S/C21H23N3O2/c1-16-11-13-18(14-12-16)20-22-24(21(26)23(20)2)15-19(25)10-6-9-17-7-4-3-5-8-17/h3-5,7-8,11-14H,6,9-10,15H2,1-2H3. The Bertz CT molecular complexity index is 938. The van der Waals surface area contributed by atoms with Gasteiger partial charge in [-0.3, -0.25) is 9.36 Å². The molecule has 0 radical (unpaired) electrons. The van der Waals surface area contributed by atoms with E-state index in [0.717, 1.165) is 24.0 Å². The number of carbonyl (C=O) groups excluding carboxylic acids is 1. The van der Waals surface area contributed by atoms with Gasteiger partial charge in [0, 0.05) is 19.0 Å². The number of benzene rings is 2. The Morgan fingerprint density at radius 1 is 1.04 bits per heavy atom. The summed E-state index contributed by atoms with van der Waals surface area (Å²) < 4.78 is 2.75. The molecular weight excluding hydrogens is 326 g/mol. The summed E-state index contributed by atoms with van der Waals surface area (Å²) in [5.74, 6) is 0.601. The van der Waals surface area contributed by atoms with Gasteiger partial charge in [0.25, 0.3) is 0 Å². The van der Waals surface area contributed by atoms with Crippen LogP contribution in [0.3, 0.4) is 0 Å². The van der Waals surface area contributed by atoms with E-state index < -0.39 is 0 Å². The number of carbonyl (C=O) groups is 1. The molecule has 3 rings (SSSR count). The molecule has 5 nitrogen and oxygen atoms in total. The van der Waals surface area contributed by atoms with E-state index in [2.05, 4.69) is 17.2 Å². The first-order valence-corrected chi connectivity index (χ1v) is 8.81. The van der Waals surface area contributed by atoms with Gasteiger partial charge in [-0.05, 0) is 25.3 Å². The van der Waals surface area contributed by atoms with Crippen LogP contribution in [0.4, 0.5) is 0 Å². The molecule has 0 aliphatic rings. The maximum Gasteiger partial charge on any atom is 0.346 e. The smallest absolute Gasteiger partial charge is 0.298 e. The molecular formula is C21H23N3O2. The predicted molar refractivity (Wildman–Crippen MR) is 102 cm³/mol. The van der Waals surface area contributed by atoms with Gasteiger partial charge in [0.15, 0.2) is 11.6 Å². The van der Waals surface area contributed by atoms with Crippen molar-refractivity contribution in [3.8, 4) is 11.4 Å². The van der Waals surface area contributed by atoms with E-state index in [9.17, 15) is 9.59 Å². The maximum absolute atomic E-state index is 12.4. The van der Waals surface area contributed by atoms with Crippen molar-refractivity contribution in [1.29, 1.82) is 0 Å². The van der Waals surface area contributed by atoms with Crippen LogP contribution in [0.2, 0.25) is 0 Å². The summed E-state index contributed by atoms with van der Waals surface area (Å²) in [6.45, 7) is 2.03. The molecule has 0 saturated heterocycles. The van der Waals surface area contributed by atoms with Gasteiger partial charge in [-0.2, -0.15) is 0 Å². The van der Waals surface area contributed by atoms with Crippen molar-refractivity contribution in [2.45, 2.75) is 32.7 Å². The fourth-order valence-electron chi connectivity index (χ4n) is 2.93. The van der Waals surface area contributed by atoms with Crippen molar-refractivity contribution in [2.75, 3.05) is 0 Å². The summed E-state index contributed by atoms with van der Waals surface area (Å²) in [4.78, 5) is 24.6. The van der Waals surface area contributed by atoms with E-state index in [-0.39, 0.29) is 18.0 Å². The first kappa shape index (κ1) is 17.9. The van der Waals surface area contributed by atoms with E-state index in [0.29, 0.717) is 12.2 Å². The summed E-state index contributed by atoms with van der Waals surface area (Å²) in [6.07, 6.45) is 2.07. The number of rotatable bonds is 7. The molecule has 3 aromatic rings. The Hall–Kier alpha value is -2.95. The molecule has 0 bridgehead atoms. The zero-order valence-corrected chi connectivity index (χ0v) is 15.2. The minimum atomic E-state index is -0.267. The van der Waals surface area contributed by atoms with Crippen molar-refractivity contribution >= 4 is 5.78 Å². The summed E-state index contributed by atoms with van der Waals surface area (Å²) >= 11 is 0. The summed E-state index contributed by atoms with van der Waals surface area (Å²) in [6, 6.07) is 17.9. The molecule has 0 unspecified atom stereocenters. The van der Waals surface area contributed by atoms with Gasteiger partial charge >= 0.3 is 5.69 Å². The minimum Gasteiger partial charge on any atom is -0.298 e. The Morgan fingerprint density at radius 2 is 1.73 bits per heavy atom. The van der Waals surface area contributed by atoms with Crippen LogP contribution in [0, 0.1) is 6.92 Å². The molecule has 0 atom stereocenters. The topological polar surface area (TPSA) is 56.9 Å². The zero-order valence-electron chi connectivity index (χ0n) is 15.2. The summed E-state index contributed by atoms with van der Waals surface area (Å²) in [5, 5.41) is 4.36. The predicted octanol–water partition coefficient (Wildman–Crippen LogP) is 3.15. The highest BCUT2D eigenvalue weighted by Crippen LogP contribution is 2.15. The zero-order chi connectivity index (χ0) is 18.5. The lowest BCUT2D eigenvalue weighted by atomic mass is 10.1. The fraction of sp³-hybridized carbons (Fsp3) is 0.286. The second kappa shape index (κ2) is 7.95. The lowest BCUT2D eigenvalue weighted by Crippen LogP contribution is -2.26. The first-order chi connectivity index (χ1) is 12.5. The Balaban J connectivity index is 1.64.